The average Bonchev–Trinajstić information content (AvgIpc) is 2.51. The van der Waals surface area contributed by atoms with Crippen LogP contribution < -0.4 is 5.43 Å². The summed E-state index contributed by atoms with van der Waals surface area (Å²) >= 11 is 4.42. The van der Waals surface area contributed by atoms with Gasteiger partial charge in [0, 0.05) is 19.5 Å². The summed E-state index contributed by atoms with van der Waals surface area (Å²) in [6.07, 6.45) is 1.50. The summed E-state index contributed by atoms with van der Waals surface area (Å²) in [6, 6.07) is 0. The minimum absolute atomic E-state index is 0.307. The maximum atomic E-state index is 11.3. The third-order valence-corrected chi connectivity index (χ3v) is 2.68. The zero-order valence-corrected chi connectivity index (χ0v) is 10.1. The molecule has 0 aliphatic heterocycles. The molecular weight excluding hydrogens is 268 g/mol. The fourth-order valence-electron chi connectivity index (χ4n) is 0.609. The molecule has 1 aromatic rings. The lowest BCUT2D eigenvalue weighted by molar-refractivity contribution is 0.0954. The Kier molecular flexibility index (Phi) is 4.02. The second-order valence-electron chi connectivity index (χ2n) is 2.62. The number of halogens is 1. The van der Waals surface area contributed by atoms with E-state index in [0.29, 0.717) is 9.61 Å². The van der Waals surface area contributed by atoms with Gasteiger partial charge in [-0.25, -0.2) is 10.4 Å². The van der Waals surface area contributed by atoms with Crippen molar-refractivity contribution in [3.8, 4) is 0 Å². The first-order valence-corrected chi connectivity index (χ1v) is 5.38. The van der Waals surface area contributed by atoms with Gasteiger partial charge >= 0.3 is 0 Å². The monoisotopic (exact) mass is 276 g/mol. The van der Waals surface area contributed by atoms with Gasteiger partial charge in [0.2, 0.25) is 0 Å². The van der Waals surface area contributed by atoms with E-state index >= 15 is 0 Å². The van der Waals surface area contributed by atoms with Gasteiger partial charge in [-0.2, -0.15) is 5.10 Å². The minimum atomic E-state index is -0.307. The lowest BCUT2D eigenvalue weighted by Crippen LogP contribution is -2.19. The largest absolute Gasteiger partial charge is 0.367 e. The molecule has 14 heavy (non-hydrogen) atoms. The van der Waals surface area contributed by atoms with E-state index in [4.69, 9.17) is 0 Å². The molecule has 0 saturated heterocycles. The van der Waals surface area contributed by atoms with E-state index in [1.54, 1.807) is 10.3 Å². The van der Waals surface area contributed by atoms with E-state index in [2.05, 4.69) is 31.4 Å². The summed E-state index contributed by atoms with van der Waals surface area (Å²) in [4.78, 5) is 17.0. The molecular formula is C7H9BrN4OS. The highest BCUT2D eigenvalue weighted by molar-refractivity contribution is 9.10. The lowest BCUT2D eigenvalue weighted by atomic mass is 10.7. The van der Waals surface area contributed by atoms with Crippen LogP contribution >= 0.6 is 27.3 Å². The maximum absolute atomic E-state index is 11.3. The average molecular weight is 277 g/mol. The topological polar surface area (TPSA) is 57.6 Å². The number of hydrogen-bond acceptors (Lipinski definition) is 4. The number of hydrazone groups is 1. The van der Waals surface area contributed by atoms with Crippen LogP contribution in [0, 0.1) is 0 Å². The third kappa shape index (κ3) is 3.43. The second-order valence-corrected chi connectivity index (χ2v) is 4.30. The Bertz CT molecular complexity index is 349. The Hall–Kier alpha value is -0.950. The van der Waals surface area contributed by atoms with Crippen LogP contribution in [0.1, 0.15) is 9.80 Å². The zero-order valence-electron chi connectivity index (χ0n) is 7.69. The van der Waals surface area contributed by atoms with E-state index in [0.717, 1.165) is 0 Å². The van der Waals surface area contributed by atoms with E-state index in [1.807, 2.05) is 14.1 Å². The summed E-state index contributed by atoms with van der Waals surface area (Å²) < 4.78 is 0.657. The Morgan fingerprint density at radius 3 is 3.00 bits per heavy atom. The van der Waals surface area contributed by atoms with Gasteiger partial charge < -0.3 is 4.90 Å². The first-order chi connectivity index (χ1) is 6.59. The smallest absolute Gasteiger partial charge is 0.300 e. The predicted octanol–water partition coefficient (Wildman–Crippen LogP) is 1.14. The molecule has 7 heteroatoms. The van der Waals surface area contributed by atoms with Crippen molar-refractivity contribution >= 4 is 39.5 Å². The molecule has 0 spiro atoms. The first-order valence-electron chi connectivity index (χ1n) is 3.70. The Morgan fingerprint density at radius 1 is 1.79 bits per heavy atom. The van der Waals surface area contributed by atoms with Crippen LogP contribution in [0.5, 0.6) is 0 Å². The number of nitrogens with zero attached hydrogens (tertiary/aromatic N) is 3. The lowest BCUT2D eigenvalue weighted by Gasteiger charge is -2.01. The summed E-state index contributed by atoms with van der Waals surface area (Å²) in [5.41, 5.74) is 2.36. The number of rotatable bonds is 3. The summed E-state index contributed by atoms with van der Waals surface area (Å²) in [6.45, 7) is 0. The number of thiazole rings is 1. The molecule has 1 rings (SSSR count). The van der Waals surface area contributed by atoms with Crippen molar-refractivity contribution < 1.29 is 4.79 Å². The highest BCUT2D eigenvalue weighted by Gasteiger charge is 2.08. The fourth-order valence-corrected chi connectivity index (χ4v) is 1.75. The van der Waals surface area contributed by atoms with Crippen molar-refractivity contribution in [2.75, 3.05) is 14.1 Å². The van der Waals surface area contributed by atoms with Crippen LogP contribution in [0.25, 0.3) is 0 Å². The number of amides is 1. The molecule has 76 valence electrons. The van der Waals surface area contributed by atoms with Crippen LogP contribution in [0.15, 0.2) is 15.1 Å². The van der Waals surface area contributed by atoms with Gasteiger partial charge in [0.05, 0.1) is 0 Å². The molecule has 0 bridgehead atoms. The van der Waals surface area contributed by atoms with Crippen LogP contribution in [-0.2, 0) is 0 Å². The number of hydrogen-bond donors (Lipinski definition) is 1. The second kappa shape index (κ2) is 5.06. The van der Waals surface area contributed by atoms with Crippen molar-refractivity contribution in [2.24, 2.45) is 5.10 Å². The SMILES string of the molecule is CN(C)/C=N/NC(=O)c1nc(Br)cs1. The summed E-state index contributed by atoms with van der Waals surface area (Å²) in [5.74, 6) is -0.307. The fraction of sp³-hybridized carbons (Fsp3) is 0.286. The van der Waals surface area contributed by atoms with Crippen LogP contribution in [0.3, 0.4) is 0 Å². The van der Waals surface area contributed by atoms with Crippen LogP contribution in [-0.4, -0.2) is 36.2 Å². The van der Waals surface area contributed by atoms with Gasteiger partial charge in [0.15, 0.2) is 5.01 Å². The van der Waals surface area contributed by atoms with Gasteiger partial charge in [-0.05, 0) is 15.9 Å². The van der Waals surface area contributed by atoms with E-state index in [-0.39, 0.29) is 5.91 Å². The van der Waals surface area contributed by atoms with Crippen molar-refractivity contribution in [3.63, 3.8) is 0 Å². The molecule has 5 nitrogen and oxygen atoms in total. The number of carbonyl (C=O) groups excluding carboxylic acids is 1. The van der Waals surface area contributed by atoms with Gasteiger partial charge in [0.25, 0.3) is 5.91 Å². The molecule has 1 N–H and O–H groups in total. The molecule has 0 aliphatic rings. The highest BCUT2D eigenvalue weighted by Crippen LogP contribution is 2.14. The molecule has 0 fully saturated rings. The minimum Gasteiger partial charge on any atom is -0.367 e. The molecule has 1 amide bonds. The van der Waals surface area contributed by atoms with Crippen molar-refractivity contribution in [1.82, 2.24) is 15.3 Å². The molecule has 1 aromatic heterocycles. The molecule has 0 atom stereocenters. The van der Waals surface area contributed by atoms with E-state index in [9.17, 15) is 4.79 Å². The number of carbonyl (C=O) groups is 1. The molecule has 0 radical (unpaired) electrons. The number of aromatic nitrogens is 1. The van der Waals surface area contributed by atoms with Gasteiger partial charge in [-0.3, -0.25) is 4.79 Å². The van der Waals surface area contributed by atoms with Crippen molar-refractivity contribution in [2.45, 2.75) is 0 Å². The molecule has 0 aliphatic carbocycles. The molecule has 0 saturated carbocycles. The third-order valence-electron chi connectivity index (χ3n) is 1.13. The van der Waals surface area contributed by atoms with E-state index in [1.165, 1.54) is 17.7 Å². The van der Waals surface area contributed by atoms with Crippen LogP contribution in [0.4, 0.5) is 0 Å². The van der Waals surface area contributed by atoms with Gasteiger partial charge in [-0.1, -0.05) is 0 Å². The van der Waals surface area contributed by atoms with Gasteiger partial charge in [0.1, 0.15) is 10.9 Å². The summed E-state index contributed by atoms with van der Waals surface area (Å²) in [7, 11) is 3.63. The van der Waals surface area contributed by atoms with Crippen LogP contribution in [0.2, 0.25) is 0 Å². The standard InChI is InChI=1S/C7H9BrN4OS/c1-12(2)4-9-11-6(13)7-10-5(8)3-14-7/h3-4H,1-2H3,(H,11,13)/b9-4+. The Morgan fingerprint density at radius 2 is 2.50 bits per heavy atom. The molecule has 0 unspecified atom stereocenters. The molecule has 0 aromatic carbocycles. The predicted molar refractivity (Wildman–Crippen MR) is 59.5 cm³/mol. The van der Waals surface area contributed by atoms with Crippen molar-refractivity contribution in [1.29, 1.82) is 0 Å². The maximum Gasteiger partial charge on any atom is 0.300 e. The number of nitrogens with one attached hydrogen (secondary N) is 1. The Labute approximate surface area is 94.0 Å². The van der Waals surface area contributed by atoms with Crippen molar-refractivity contribution in [3.05, 3.63) is 15.0 Å². The quantitative estimate of drug-likeness (QED) is 0.512. The molecule has 1 heterocycles. The first kappa shape index (κ1) is 11.1. The normalized spacial score (nSPS) is 10.5. The van der Waals surface area contributed by atoms with Gasteiger partial charge in [-0.15, -0.1) is 11.3 Å². The Balaban J connectivity index is 2.51. The highest BCUT2D eigenvalue weighted by atomic mass is 79.9. The van der Waals surface area contributed by atoms with E-state index < -0.39 is 0 Å². The zero-order chi connectivity index (χ0) is 10.6. The summed E-state index contributed by atoms with van der Waals surface area (Å²) in [5, 5.41) is 5.83.